The molecule has 1 amide bonds. The Morgan fingerprint density at radius 2 is 1.84 bits per heavy atom. The van der Waals surface area contributed by atoms with E-state index in [4.69, 9.17) is 11.6 Å². The van der Waals surface area contributed by atoms with Gasteiger partial charge in [0.2, 0.25) is 0 Å². The van der Waals surface area contributed by atoms with Gasteiger partial charge in [-0.15, -0.1) is 11.3 Å². The average Bonchev–Trinajstić information content (AvgIpc) is 3.20. The van der Waals surface area contributed by atoms with Crippen molar-refractivity contribution >= 4 is 45.3 Å². The van der Waals surface area contributed by atoms with Gasteiger partial charge in [0.15, 0.2) is 5.01 Å². The summed E-state index contributed by atoms with van der Waals surface area (Å²) in [7, 11) is -1.39. The molecule has 0 saturated heterocycles. The lowest BCUT2D eigenvalue weighted by atomic mass is 10.1. The molecular weight excluding hydrogens is 476 g/mol. The molecule has 1 N–H and O–H groups in total. The summed E-state index contributed by atoms with van der Waals surface area (Å²) in [6, 6.07) is 7.76. The predicted octanol–water partition coefficient (Wildman–Crippen LogP) is 6.64. The predicted molar refractivity (Wildman–Crippen MR) is 116 cm³/mol. The second-order valence-electron chi connectivity index (χ2n) is 5.78. The number of hydrogen-bond acceptors (Lipinski definition) is 4. The third-order valence-corrected chi connectivity index (χ3v) is 5.88. The number of hydrogen-bond donors (Lipinski definition) is 1. The maximum Gasteiger partial charge on any atom is 0.443 e. The number of carbonyl (C=O) groups is 1. The number of rotatable bonds is 4. The van der Waals surface area contributed by atoms with Crippen LogP contribution in [-0.2, 0) is 17.0 Å². The van der Waals surface area contributed by atoms with Gasteiger partial charge in [-0.25, -0.2) is 9.37 Å². The molecule has 0 radical (unpaired) electrons. The molecule has 166 valence electrons. The van der Waals surface area contributed by atoms with Crippen LogP contribution in [-0.4, -0.2) is 21.4 Å². The van der Waals surface area contributed by atoms with Gasteiger partial charge in [-0.05, 0) is 36.4 Å². The molecule has 4 nitrogen and oxygen atoms in total. The Morgan fingerprint density at radius 1 is 1.16 bits per heavy atom. The number of alkyl halides is 3. The highest BCUT2D eigenvalue weighted by Crippen LogP contribution is 2.36. The van der Waals surface area contributed by atoms with Crippen molar-refractivity contribution in [2.45, 2.75) is 24.9 Å². The molecule has 0 fully saturated rings. The summed E-state index contributed by atoms with van der Waals surface area (Å²) in [5.74, 6) is -1.59. The SMILES string of the molecule is CC.CS(=O)c1ccc(C(=O)Nc2ccc(-c3csc(C(F)(F)F)n3)c(Cl)c2)c(F)c1. The van der Waals surface area contributed by atoms with Crippen LogP contribution in [0.2, 0.25) is 5.02 Å². The standard InChI is InChI=1S/C18H11ClF4N2O2S2.C2H6/c1-29(27)10-3-5-12(14(20)7-10)16(26)24-9-2-4-11(13(19)6-9)15-8-28-17(25-15)18(21,22)23;1-2/h2-8H,1H3,(H,24,26);1-2H3. The molecule has 3 aromatic rings. The highest BCUT2D eigenvalue weighted by Gasteiger charge is 2.34. The van der Waals surface area contributed by atoms with Gasteiger partial charge in [-0.2, -0.15) is 13.2 Å². The van der Waals surface area contributed by atoms with Crippen molar-refractivity contribution in [1.29, 1.82) is 0 Å². The van der Waals surface area contributed by atoms with Gasteiger partial charge in [0.25, 0.3) is 5.91 Å². The molecule has 0 bridgehead atoms. The first-order valence-electron chi connectivity index (χ1n) is 8.83. The number of carbonyl (C=O) groups excluding carboxylic acids is 1. The topological polar surface area (TPSA) is 59.1 Å². The summed E-state index contributed by atoms with van der Waals surface area (Å²) in [4.78, 5) is 16.1. The highest BCUT2D eigenvalue weighted by atomic mass is 35.5. The minimum Gasteiger partial charge on any atom is -0.322 e. The van der Waals surface area contributed by atoms with Crippen molar-refractivity contribution in [3.8, 4) is 11.3 Å². The number of thiazole rings is 1. The number of halogens is 5. The largest absolute Gasteiger partial charge is 0.443 e. The molecule has 1 heterocycles. The van der Waals surface area contributed by atoms with Crippen LogP contribution in [0.5, 0.6) is 0 Å². The Hall–Kier alpha value is -2.30. The van der Waals surface area contributed by atoms with Crippen molar-refractivity contribution in [2.75, 3.05) is 11.6 Å². The summed E-state index contributed by atoms with van der Waals surface area (Å²) in [6.07, 6.45) is -3.16. The van der Waals surface area contributed by atoms with Crippen LogP contribution in [0, 0.1) is 5.82 Å². The molecule has 2 aromatic carbocycles. The summed E-state index contributed by atoms with van der Waals surface area (Å²) in [5, 5.41) is 2.77. The molecule has 1 aromatic heterocycles. The van der Waals surface area contributed by atoms with E-state index in [1.54, 1.807) is 0 Å². The monoisotopic (exact) mass is 492 g/mol. The summed E-state index contributed by atoms with van der Waals surface area (Å²) < 4.78 is 63.6. The Morgan fingerprint density at radius 3 is 2.35 bits per heavy atom. The fourth-order valence-electron chi connectivity index (χ4n) is 2.39. The number of aromatic nitrogens is 1. The number of anilines is 1. The third kappa shape index (κ3) is 6.11. The number of nitrogens with zero attached hydrogens (tertiary/aromatic N) is 1. The van der Waals surface area contributed by atoms with E-state index in [0.29, 0.717) is 11.3 Å². The average molecular weight is 493 g/mol. The van der Waals surface area contributed by atoms with Gasteiger partial charge in [0.05, 0.1) is 16.3 Å². The zero-order valence-corrected chi connectivity index (χ0v) is 18.9. The van der Waals surface area contributed by atoms with Crippen LogP contribution in [0.3, 0.4) is 0 Å². The lowest BCUT2D eigenvalue weighted by Gasteiger charge is -2.09. The smallest absolute Gasteiger partial charge is 0.322 e. The first-order chi connectivity index (χ1) is 14.6. The fourth-order valence-corrected chi connectivity index (χ4v) is 3.88. The molecule has 0 saturated carbocycles. The van der Waals surface area contributed by atoms with E-state index in [-0.39, 0.29) is 32.4 Å². The zero-order chi connectivity index (χ0) is 23.3. The molecule has 31 heavy (non-hydrogen) atoms. The summed E-state index contributed by atoms with van der Waals surface area (Å²) >= 11 is 6.58. The lowest BCUT2D eigenvalue weighted by Crippen LogP contribution is -2.14. The number of benzene rings is 2. The van der Waals surface area contributed by atoms with Crippen molar-refractivity contribution in [3.63, 3.8) is 0 Å². The molecule has 0 aliphatic rings. The summed E-state index contributed by atoms with van der Waals surface area (Å²) in [6.45, 7) is 4.00. The van der Waals surface area contributed by atoms with Crippen LogP contribution in [0.1, 0.15) is 29.2 Å². The lowest BCUT2D eigenvalue weighted by molar-refractivity contribution is -0.137. The van der Waals surface area contributed by atoms with Crippen LogP contribution in [0.4, 0.5) is 23.2 Å². The highest BCUT2D eigenvalue weighted by molar-refractivity contribution is 7.84. The quantitative estimate of drug-likeness (QED) is 0.415. The van der Waals surface area contributed by atoms with Crippen molar-refractivity contribution < 1.29 is 26.6 Å². The van der Waals surface area contributed by atoms with Crippen LogP contribution in [0.15, 0.2) is 46.7 Å². The first kappa shape index (κ1) is 25.0. The Bertz CT molecular complexity index is 1120. The molecular formula is C20H17ClF4N2O2S2. The molecule has 1 atom stereocenters. The fraction of sp³-hybridized carbons (Fsp3) is 0.200. The minimum atomic E-state index is -4.55. The maximum absolute atomic E-state index is 14.1. The van der Waals surface area contributed by atoms with Gasteiger partial charge >= 0.3 is 6.18 Å². The molecule has 3 rings (SSSR count). The van der Waals surface area contributed by atoms with E-state index in [0.717, 1.165) is 6.07 Å². The number of amides is 1. The second kappa shape index (κ2) is 10.3. The van der Waals surface area contributed by atoms with Crippen LogP contribution >= 0.6 is 22.9 Å². The molecule has 0 aliphatic heterocycles. The number of nitrogens with one attached hydrogen (secondary N) is 1. The first-order valence-corrected chi connectivity index (χ1v) is 11.6. The van der Waals surface area contributed by atoms with E-state index >= 15 is 0 Å². The third-order valence-electron chi connectivity index (χ3n) is 3.77. The van der Waals surface area contributed by atoms with E-state index < -0.39 is 33.7 Å². The van der Waals surface area contributed by atoms with Crippen molar-refractivity contribution in [2.24, 2.45) is 0 Å². The van der Waals surface area contributed by atoms with E-state index in [1.165, 1.54) is 42.0 Å². The van der Waals surface area contributed by atoms with E-state index in [9.17, 15) is 26.6 Å². The Labute approximate surface area is 187 Å². The zero-order valence-electron chi connectivity index (χ0n) is 16.5. The van der Waals surface area contributed by atoms with Gasteiger partial charge in [0, 0.05) is 38.6 Å². The minimum absolute atomic E-state index is 0.0550. The van der Waals surface area contributed by atoms with Crippen LogP contribution < -0.4 is 5.32 Å². The van der Waals surface area contributed by atoms with E-state index in [2.05, 4.69) is 10.3 Å². The molecule has 1 unspecified atom stereocenters. The normalized spacial score (nSPS) is 12.0. The molecule has 0 aliphatic carbocycles. The van der Waals surface area contributed by atoms with E-state index in [1.807, 2.05) is 13.8 Å². The van der Waals surface area contributed by atoms with Gasteiger partial charge < -0.3 is 5.32 Å². The molecule has 0 spiro atoms. The van der Waals surface area contributed by atoms with Gasteiger partial charge in [-0.3, -0.25) is 9.00 Å². The Kier molecular flexibility index (Phi) is 8.33. The molecule has 11 heteroatoms. The van der Waals surface area contributed by atoms with Gasteiger partial charge in [0.1, 0.15) is 5.82 Å². The Balaban J connectivity index is 0.00000166. The van der Waals surface area contributed by atoms with Crippen LogP contribution in [0.25, 0.3) is 11.3 Å². The van der Waals surface area contributed by atoms with Crippen molar-refractivity contribution in [3.05, 3.63) is 63.2 Å². The van der Waals surface area contributed by atoms with Gasteiger partial charge in [-0.1, -0.05) is 25.4 Å². The maximum atomic E-state index is 14.1. The van der Waals surface area contributed by atoms with Crippen molar-refractivity contribution in [1.82, 2.24) is 4.98 Å². The second-order valence-corrected chi connectivity index (χ2v) is 8.43. The summed E-state index contributed by atoms with van der Waals surface area (Å²) in [5.41, 5.74) is 0.281.